The second kappa shape index (κ2) is 8.13. The Morgan fingerprint density at radius 1 is 1.03 bits per heavy atom. The Morgan fingerprint density at radius 3 is 2.60 bits per heavy atom. The minimum absolute atomic E-state index is 0.0337. The quantitative estimate of drug-likeness (QED) is 0.541. The van der Waals surface area contributed by atoms with E-state index >= 15 is 0 Å². The average molecular weight is 417 g/mol. The largest absolute Gasteiger partial charge is 0.306 e. The lowest BCUT2D eigenvalue weighted by molar-refractivity contribution is 0.293. The van der Waals surface area contributed by atoms with Crippen molar-refractivity contribution in [1.29, 1.82) is 0 Å². The van der Waals surface area contributed by atoms with Gasteiger partial charge in [-0.2, -0.15) is 16.9 Å². The van der Waals surface area contributed by atoms with E-state index in [-0.39, 0.29) is 5.56 Å². The minimum atomic E-state index is -0.0337. The summed E-state index contributed by atoms with van der Waals surface area (Å²) in [7, 11) is 0. The Kier molecular flexibility index (Phi) is 5.19. The topological polar surface area (TPSA) is 53.9 Å². The lowest BCUT2D eigenvalue weighted by Gasteiger charge is -2.25. The van der Waals surface area contributed by atoms with Crippen LogP contribution in [0.5, 0.6) is 0 Å². The molecule has 0 saturated carbocycles. The number of para-hydroxylation sites is 1. The summed E-state index contributed by atoms with van der Waals surface area (Å²) in [6, 6.07) is 20.4. The van der Waals surface area contributed by atoms with Crippen LogP contribution in [0.25, 0.3) is 28.0 Å². The van der Waals surface area contributed by atoms with Crippen LogP contribution in [0.2, 0.25) is 0 Å². The first-order valence-corrected chi connectivity index (χ1v) is 11.4. The van der Waals surface area contributed by atoms with Gasteiger partial charge in [-0.3, -0.25) is 9.69 Å². The molecule has 0 atom stereocenters. The molecule has 152 valence electrons. The number of rotatable bonds is 4. The second-order valence-electron chi connectivity index (χ2n) is 7.74. The van der Waals surface area contributed by atoms with Crippen molar-refractivity contribution in [1.82, 2.24) is 19.7 Å². The minimum Gasteiger partial charge on any atom is -0.306 e. The number of hydrogen-bond acceptors (Lipinski definition) is 4. The number of aryl methyl sites for hydroxylation is 1. The molecule has 1 saturated heterocycles. The summed E-state index contributed by atoms with van der Waals surface area (Å²) < 4.78 is 1.84. The molecule has 5 nitrogen and oxygen atoms in total. The number of nitrogens with one attached hydrogen (secondary N) is 1. The van der Waals surface area contributed by atoms with E-state index in [0.717, 1.165) is 58.1 Å². The monoisotopic (exact) mass is 416 g/mol. The molecule has 5 rings (SSSR count). The van der Waals surface area contributed by atoms with Gasteiger partial charge in [0.2, 0.25) is 0 Å². The zero-order chi connectivity index (χ0) is 20.5. The van der Waals surface area contributed by atoms with E-state index in [1.165, 1.54) is 5.56 Å². The molecule has 2 aromatic carbocycles. The Bertz CT molecular complexity index is 1240. The number of pyridine rings is 1. The molecule has 1 aliphatic rings. The SMILES string of the molecule is Cc1cccc(-c2nn(-c3ccccc3)c3[nH]c(=O)c(CN4CCSCC4)cc23)c1. The van der Waals surface area contributed by atoms with Crippen LogP contribution in [0.4, 0.5) is 0 Å². The summed E-state index contributed by atoms with van der Waals surface area (Å²) in [5, 5.41) is 5.91. The van der Waals surface area contributed by atoms with Crippen molar-refractivity contribution < 1.29 is 0 Å². The summed E-state index contributed by atoms with van der Waals surface area (Å²) in [6.45, 7) is 4.81. The summed E-state index contributed by atoms with van der Waals surface area (Å²) >= 11 is 1.98. The van der Waals surface area contributed by atoms with Crippen LogP contribution in [0.3, 0.4) is 0 Å². The molecular formula is C24H24N4OS. The fourth-order valence-electron chi connectivity index (χ4n) is 3.99. The van der Waals surface area contributed by atoms with E-state index in [9.17, 15) is 4.79 Å². The van der Waals surface area contributed by atoms with E-state index in [4.69, 9.17) is 5.10 Å². The van der Waals surface area contributed by atoms with Crippen molar-refractivity contribution in [3.63, 3.8) is 0 Å². The Morgan fingerprint density at radius 2 is 1.83 bits per heavy atom. The van der Waals surface area contributed by atoms with Crippen LogP contribution >= 0.6 is 11.8 Å². The van der Waals surface area contributed by atoms with Gasteiger partial charge in [0.05, 0.1) is 5.69 Å². The number of hydrogen-bond donors (Lipinski definition) is 1. The second-order valence-corrected chi connectivity index (χ2v) is 8.96. The van der Waals surface area contributed by atoms with Gasteiger partial charge in [0, 0.05) is 47.7 Å². The first-order chi connectivity index (χ1) is 14.7. The van der Waals surface area contributed by atoms with Gasteiger partial charge in [0.15, 0.2) is 0 Å². The Balaban J connectivity index is 1.69. The molecule has 0 unspecified atom stereocenters. The van der Waals surface area contributed by atoms with Crippen molar-refractivity contribution >= 4 is 22.8 Å². The highest BCUT2D eigenvalue weighted by Gasteiger charge is 2.19. The molecule has 3 heterocycles. The number of benzene rings is 2. The van der Waals surface area contributed by atoms with Gasteiger partial charge in [-0.05, 0) is 31.2 Å². The highest BCUT2D eigenvalue weighted by atomic mass is 32.2. The maximum atomic E-state index is 13.0. The van der Waals surface area contributed by atoms with Crippen molar-refractivity contribution in [2.45, 2.75) is 13.5 Å². The third-order valence-electron chi connectivity index (χ3n) is 5.55. The van der Waals surface area contributed by atoms with Gasteiger partial charge in [-0.15, -0.1) is 0 Å². The van der Waals surface area contributed by atoms with Gasteiger partial charge in [-0.1, -0.05) is 42.0 Å². The first-order valence-electron chi connectivity index (χ1n) is 10.3. The van der Waals surface area contributed by atoms with Crippen molar-refractivity contribution in [3.05, 3.63) is 82.1 Å². The van der Waals surface area contributed by atoms with Crippen molar-refractivity contribution in [2.24, 2.45) is 0 Å². The number of fused-ring (bicyclic) bond motifs is 1. The Hall–Kier alpha value is -2.83. The zero-order valence-electron chi connectivity index (χ0n) is 17.0. The van der Waals surface area contributed by atoms with E-state index in [1.54, 1.807) is 0 Å². The predicted molar refractivity (Wildman–Crippen MR) is 124 cm³/mol. The van der Waals surface area contributed by atoms with Gasteiger partial charge in [0.25, 0.3) is 5.56 Å². The number of thioether (sulfide) groups is 1. The van der Waals surface area contributed by atoms with Crippen LogP contribution in [0.15, 0.2) is 65.5 Å². The third-order valence-corrected chi connectivity index (χ3v) is 6.50. The van der Waals surface area contributed by atoms with Crippen LogP contribution in [-0.2, 0) is 6.54 Å². The summed E-state index contributed by atoms with van der Waals surface area (Å²) in [6.07, 6.45) is 0. The molecule has 1 N–H and O–H groups in total. The van der Waals surface area contributed by atoms with Crippen molar-refractivity contribution in [2.75, 3.05) is 24.6 Å². The molecule has 0 bridgehead atoms. The van der Waals surface area contributed by atoms with Crippen LogP contribution < -0.4 is 5.56 Å². The summed E-state index contributed by atoms with van der Waals surface area (Å²) in [5.41, 5.74) is 5.57. The van der Waals surface area contributed by atoms with Gasteiger partial charge < -0.3 is 4.98 Å². The van der Waals surface area contributed by atoms with Crippen LogP contribution in [0.1, 0.15) is 11.1 Å². The molecule has 30 heavy (non-hydrogen) atoms. The van der Waals surface area contributed by atoms with E-state index in [1.807, 2.05) is 52.8 Å². The lowest BCUT2D eigenvalue weighted by Crippen LogP contribution is -2.34. The number of nitrogens with zero attached hydrogens (tertiary/aromatic N) is 3. The van der Waals surface area contributed by atoms with Gasteiger partial charge in [0.1, 0.15) is 11.3 Å². The van der Waals surface area contributed by atoms with Gasteiger partial charge >= 0.3 is 0 Å². The highest BCUT2D eigenvalue weighted by molar-refractivity contribution is 7.99. The molecule has 1 fully saturated rings. The standard InChI is InChI=1S/C24H24N4OS/c1-17-6-5-7-18(14-17)22-21-15-19(16-27-10-12-30-13-11-27)24(29)25-23(21)28(26-22)20-8-3-2-4-9-20/h2-9,14-15H,10-13,16H2,1H3,(H,25,29). The molecule has 4 aromatic rings. The summed E-state index contributed by atoms with van der Waals surface area (Å²) in [5.74, 6) is 2.25. The number of H-pyrrole nitrogens is 1. The summed E-state index contributed by atoms with van der Waals surface area (Å²) in [4.78, 5) is 18.5. The van der Waals surface area contributed by atoms with E-state index in [0.29, 0.717) is 6.54 Å². The molecule has 1 aliphatic heterocycles. The average Bonchev–Trinajstić information content (AvgIpc) is 3.14. The molecule has 0 radical (unpaired) electrons. The number of aromatic nitrogens is 3. The number of aromatic amines is 1. The fourth-order valence-corrected chi connectivity index (χ4v) is 4.97. The zero-order valence-corrected chi connectivity index (χ0v) is 17.8. The molecule has 0 spiro atoms. The fraction of sp³-hybridized carbons (Fsp3) is 0.250. The molecular weight excluding hydrogens is 392 g/mol. The lowest BCUT2D eigenvalue weighted by atomic mass is 10.1. The van der Waals surface area contributed by atoms with E-state index in [2.05, 4.69) is 41.1 Å². The normalized spacial score (nSPS) is 15.0. The van der Waals surface area contributed by atoms with E-state index < -0.39 is 0 Å². The first kappa shape index (κ1) is 19.2. The third kappa shape index (κ3) is 3.68. The smallest absolute Gasteiger partial charge is 0.254 e. The molecule has 2 aromatic heterocycles. The predicted octanol–water partition coefficient (Wildman–Crippen LogP) is 4.24. The molecule has 0 amide bonds. The highest BCUT2D eigenvalue weighted by Crippen LogP contribution is 2.29. The molecule has 6 heteroatoms. The maximum Gasteiger partial charge on any atom is 0.254 e. The van der Waals surface area contributed by atoms with Crippen LogP contribution in [-0.4, -0.2) is 44.3 Å². The van der Waals surface area contributed by atoms with Crippen molar-refractivity contribution in [3.8, 4) is 16.9 Å². The molecule has 0 aliphatic carbocycles. The van der Waals surface area contributed by atoms with Crippen LogP contribution in [0, 0.1) is 6.92 Å². The maximum absolute atomic E-state index is 13.0. The Labute approximate surface area is 179 Å². The van der Waals surface area contributed by atoms with Gasteiger partial charge in [-0.25, -0.2) is 4.68 Å².